The zero-order valence-electron chi connectivity index (χ0n) is 19.5. The molecule has 0 radical (unpaired) electrons. The van der Waals surface area contributed by atoms with Crippen molar-refractivity contribution in [3.8, 4) is 5.75 Å². The summed E-state index contributed by atoms with van der Waals surface area (Å²) in [6, 6.07) is 5.59. The second-order valence-electron chi connectivity index (χ2n) is 8.13. The molecule has 0 aromatic heterocycles. The first-order chi connectivity index (χ1) is 17.2. The summed E-state index contributed by atoms with van der Waals surface area (Å²) < 4.78 is 68.3. The highest BCUT2D eigenvalue weighted by Crippen LogP contribution is 2.33. The van der Waals surface area contributed by atoms with Crippen molar-refractivity contribution in [2.45, 2.75) is 37.9 Å². The van der Waals surface area contributed by atoms with Gasteiger partial charge < -0.3 is 25.3 Å². The van der Waals surface area contributed by atoms with Gasteiger partial charge in [-0.25, -0.2) is 0 Å². The van der Waals surface area contributed by atoms with Crippen molar-refractivity contribution in [1.82, 2.24) is 10.6 Å². The largest absolute Gasteiger partial charge is 0.516 e. The first kappa shape index (κ1) is 29.4. The number of hydrogen-bond acceptors (Lipinski definition) is 7. The summed E-state index contributed by atoms with van der Waals surface area (Å²) in [6.45, 7) is 2.58. The number of halogens is 3. The SMILES string of the molecule is CC(C)[C@H](NC(=O)COc1cccc2c(NS(=O)(=O)C(F)(F)F)cccc12)C(=O)N[C@H](C=O)CC(=O)O. The molecule has 0 heterocycles. The number of carboxylic acids is 1. The molecule has 15 heteroatoms. The highest BCUT2D eigenvalue weighted by molar-refractivity contribution is 7.93. The van der Waals surface area contributed by atoms with Crippen LogP contribution in [0.2, 0.25) is 0 Å². The van der Waals surface area contributed by atoms with Gasteiger partial charge in [-0.2, -0.15) is 21.6 Å². The lowest BCUT2D eigenvalue weighted by molar-refractivity contribution is -0.139. The van der Waals surface area contributed by atoms with Gasteiger partial charge in [0.25, 0.3) is 5.91 Å². The molecule has 37 heavy (non-hydrogen) atoms. The van der Waals surface area contributed by atoms with Crippen LogP contribution in [0.15, 0.2) is 36.4 Å². The van der Waals surface area contributed by atoms with E-state index in [0.717, 1.165) is 6.07 Å². The molecule has 0 fully saturated rings. The van der Waals surface area contributed by atoms with Crippen LogP contribution in [0.4, 0.5) is 18.9 Å². The van der Waals surface area contributed by atoms with E-state index in [0.29, 0.717) is 0 Å². The molecule has 2 aromatic carbocycles. The van der Waals surface area contributed by atoms with Crippen LogP contribution in [0.3, 0.4) is 0 Å². The number of fused-ring (bicyclic) bond motifs is 1. The number of aliphatic carboxylic acids is 1. The second-order valence-corrected chi connectivity index (χ2v) is 9.81. The van der Waals surface area contributed by atoms with Crippen molar-refractivity contribution in [2.24, 2.45) is 5.92 Å². The minimum absolute atomic E-state index is 0.0498. The van der Waals surface area contributed by atoms with Crippen molar-refractivity contribution in [3.05, 3.63) is 36.4 Å². The van der Waals surface area contributed by atoms with Gasteiger partial charge in [0, 0.05) is 10.8 Å². The lowest BCUT2D eigenvalue weighted by atomic mass is 10.0. The number of carbonyl (C=O) groups is 4. The number of hydrogen-bond donors (Lipinski definition) is 4. The molecule has 0 bridgehead atoms. The number of benzene rings is 2. The second kappa shape index (κ2) is 11.9. The van der Waals surface area contributed by atoms with E-state index in [4.69, 9.17) is 9.84 Å². The maximum atomic E-state index is 12.8. The minimum Gasteiger partial charge on any atom is -0.483 e. The smallest absolute Gasteiger partial charge is 0.483 e. The maximum absolute atomic E-state index is 12.8. The molecule has 0 aliphatic carbocycles. The number of carbonyl (C=O) groups excluding carboxylic acids is 3. The molecule has 2 aromatic rings. The van der Waals surface area contributed by atoms with Gasteiger partial charge in [0.2, 0.25) is 5.91 Å². The third-order valence-electron chi connectivity index (χ3n) is 4.94. The zero-order valence-corrected chi connectivity index (χ0v) is 20.4. The minimum atomic E-state index is -5.68. The Morgan fingerprint density at radius 3 is 2.24 bits per heavy atom. The number of ether oxygens (including phenoxy) is 1. The Labute approximate surface area is 209 Å². The zero-order chi connectivity index (χ0) is 28.0. The summed E-state index contributed by atoms with van der Waals surface area (Å²) in [6.07, 6.45) is -0.378. The van der Waals surface area contributed by atoms with Gasteiger partial charge in [-0.05, 0) is 18.1 Å². The van der Waals surface area contributed by atoms with Crippen LogP contribution in [0.1, 0.15) is 20.3 Å². The Morgan fingerprint density at radius 1 is 1.05 bits per heavy atom. The van der Waals surface area contributed by atoms with Gasteiger partial charge in [0.1, 0.15) is 18.1 Å². The van der Waals surface area contributed by atoms with Crippen LogP contribution in [0, 0.1) is 5.92 Å². The van der Waals surface area contributed by atoms with Crippen molar-refractivity contribution in [2.75, 3.05) is 11.3 Å². The third-order valence-corrected chi connectivity index (χ3v) is 6.04. The predicted octanol–water partition coefficient (Wildman–Crippen LogP) is 1.78. The summed E-state index contributed by atoms with van der Waals surface area (Å²) in [5.74, 6) is -3.26. The van der Waals surface area contributed by atoms with E-state index in [2.05, 4.69) is 10.6 Å². The van der Waals surface area contributed by atoms with Gasteiger partial charge in [0.15, 0.2) is 6.61 Å². The predicted molar refractivity (Wildman–Crippen MR) is 125 cm³/mol. The topological polar surface area (TPSA) is 168 Å². The summed E-state index contributed by atoms with van der Waals surface area (Å²) in [5, 5.41) is 13.7. The van der Waals surface area contributed by atoms with Gasteiger partial charge in [0.05, 0.1) is 18.2 Å². The molecule has 202 valence electrons. The standard InChI is InChI=1S/C22H24F3N3O8S/c1-12(2)20(21(33)26-13(10-29)9-19(31)32)27-18(30)11-36-17-8-4-5-14-15(17)6-3-7-16(14)28-37(34,35)22(23,24)25/h3-8,10,12-13,20,28H,9,11H2,1-2H3,(H,26,33)(H,27,30)(H,31,32)/t13-,20-/m0/s1. The maximum Gasteiger partial charge on any atom is 0.516 e. The highest BCUT2D eigenvalue weighted by atomic mass is 32.2. The molecule has 4 N–H and O–H groups in total. The molecular formula is C22H24F3N3O8S. The van der Waals surface area contributed by atoms with Gasteiger partial charge >= 0.3 is 21.5 Å². The van der Waals surface area contributed by atoms with Crippen LogP contribution in [-0.4, -0.2) is 61.8 Å². The van der Waals surface area contributed by atoms with Gasteiger partial charge in [-0.3, -0.25) is 19.1 Å². The van der Waals surface area contributed by atoms with Crippen molar-refractivity contribution < 1.29 is 50.6 Å². The first-order valence-electron chi connectivity index (χ1n) is 10.7. The Hall–Kier alpha value is -3.88. The third kappa shape index (κ3) is 7.80. The molecule has 0 aliphatic heterocycles. The van der Waals surface area contributed by atoms with Crippen molar-refractivity contribution in [3.63, 3.8) is 0 Å². The lowest BCUT2D eigenvalue weighted by Gasteiger charge is -2.23. The number of sulfonamides is 1. The van der Waals surface area contributed by atoms with E-state index >= 15 is 0 Å². The van der Waals surface area contributed by atoms with E-state index in [9.17, 15) is 40.8 Å². The number of aldehydes is 1. The molecule has 2 rings (SSSR count). The first-order valence-corrected chi connectivity index (χ1v) is 12.1. The molecule has 0 spiro atoms. The van der Waals surface area contributed by atoms with Crippen LogP contribution in [0.25, 0.3) is 10.8 Å². The number of alkyl halides is 3. The fraction of sp³-hybridized carbons (Fsp3) is 0.364. The van der Waals surface area contributed by atoms with Gasteiger partial charge in [-0.1, -0.05) is 38.1 Å². The van der Waals surface area contributed by atoms with E-state index in [1.54, 1.807) is 13.8 Å². The summed E-state index contributed by atoms with van der Waals surface area (Å²) in [7, 11) is -5.68. The molecule has 0 saturated carbocycles. The molecular weight excluding hydrogens is 523 g/mol. The fourth-order valence-electron chi connectivity index (χ4n) is 3.19. The van der Waals surface area contributed by atoms with Crippen LogP contribution >= 0.6 is 0 Å². The van der Waals surface area contributed by atoms with E-state index < -0.39 is 64.3 Å². The van der Waals surface area contributed by atoms with Crippen molar-refractivity contribution in [1.29, 1.82) is 0 Å². The number of carboxylic acid groups (broad SMARTS) is 1. The monoisotopic (exact) mass is 547 g/mol. The van der Waals surface area contributed by atoms with Crippen molar-refractivity contribution >= 4 is 50.6 Å². The molecule has 11 nitrogen and oxygen atoms in total. The number of anilines is 1. The Balaban J connectivity index is 2.16. The highest BCUT2D eigenvalue weighted by Gasteiger charge is 2.46. The average Bonchev–Trinajstić information content (AvgIpc) is 2.79. The fourth-order valence-corrected chi connectivity index (χ4v) is 3.77. The molecule has 0 saturated heterocycles. The summed E-state index contributed by atoms with van der Waals surface area (Å²) in [4.78, 5) is 46.8. The average molecular weight is 548 g/mol. The van der Waals surface area contributed by atoms with Crippen LogP contribution < -0.4 is 20.1 Å². The lowest BCUT2D eigenvalue weighted by Crippen LogP contribution is -2.53. The molecule has 0 unspecified atom stereocenters. The Bertz CT molecular complexity index is 1280. The Kier molecular flexibility index (Phi) is 9.44. The normalized spacial score (nSPS) is 13.5. The number of rotatable bonds is 12. The van der Waals surface area contributed by atoms with Crippen LogP contribution in [-0.2, 0) is 29.2 Å². The Morgan fingerprint density at radius 2 is 1.68 bits per heavy atom. The molecule has 2 atom stereocenters. The molecule has 0 aliphatic rings. The number of nitrogens with one attached hydrogen (secondary N) is 3. The summed E-state index contributed by atoms with van der Waals surface area (Å²) >= 11 is 0. The van der Waals surface area contributed by atoms with E-state index in [-0.39, 0.29) is 28.5 Å². The quantitative estimate of drug-likeness (QED) is 0.292. The van der Waals surface area contributed by atoms with E-state index in [1.807, 2.05) is 0 Å². The number of amides is 2. The van der Waals surface area contributed by atoms with E-state index in [1.165, 1.54) is 35.1 Å². The van der Waals surface area contributed by atoms with Crippen LogP contribution in [0.5, 0.6) is 5.75 Å². The van der Waals surface area contributed by atoms with Gasteiger partial charge in [-0.15, -0.1) is 0 Å². The summed E-state index contributed by atoms with van der Waals surface area (Å²) in [5.41, 5.74) is -5.88. The molecule has 2 amide bonds.